The van der Waals surface area contributed by atoms with Crippen LogP contribution in [0, 0.1) is 0 Å². The Kier molecular flexibility index (Phi) is 5.25. The number of hydrogen-bond donors (Lipinski definition) is 0. The molecule has 1 aliphatic heterocycles. The second kappa shape index (κ2) is 7.57. The molecule has 0 radical (unpaired) electrons. The van der Waals surface area contributed by atoms with Crippen molar-refractivity contribution < 1.29 is 4.74 Å². The van der Waals surface area contributed by atoms with E-state index in [9.17, 15) is 0 Å². The van der Waals surface area contributed by atoms with Crippen molar-refractivity contribution in [2.45, 2.75) is 32.9 Å². The van der Waals surface area contributed by atoms with Gasteiger partial charge in [0.1, 0.15) is 0 Å². The van der Waals surface area contributed by atoms with Gasteiger partial charge in [0.05, 0.1) is 7.11 Å². The lowest BCUT2D eigenvalue weighted by molar-refractivity contribution is 0.180. The molecule has 0 bridgehead atoms. The number of aromatic nitrogens is 3. The largest absolute Gasteiger partial charge is 0.481 e. The quantitative estimate of drug-likeness (QED) is 0.839. The van der Waals surface area contributed by atoms with Gasteiger partial charge in [0.25, 0.3) is 0 Å². The zero-order chi connectivity index (χ0) is 16.9. The summed E-state index contributed by atoms with van der Waals surface area (Å²) in [7, 11) is 1.64. The summed E-state index contributed by atoms with van der Waals surface area (Å²) in [5.41, 5.74) is 2.39. The highest BCUT2D eigenvalue weighted by atomic mass is 16.5. The van der Waals surface area contributed by atoms with E-state index >= 15 is 0 Å². The lowest BCUT2D eigenvalue weighted by Crippen LogP contribution is -2.51. The summed E-state index contributed by atoms with van der Waals surface area (Å²) in [4.78, 5) is 18.0. The van der Waals surface area contributed by atoms with Crippen molar-refractivity contribution in [3.63, 3.8) is 0 Å². The second-order valence-corrected chi connectivity index (χ2v) is 6.22. The van der Waals surface area contributed by atoms with E-state index in [-0.39, 0.29) is 0 Å². The summed E-state index contributed by atoms with van der Waals surface area (Å²) in [6.07, 6.45) is 6.73. The van der Waals surface area contributed by atoms with Gasteiger partial charge in [-0.2, -0.15) is 0 Å². The van der Waals surface area contributed by atoms with Crippen LogP contribution < -0.4 is 9.64 Å². The first kappa shape index (κ1) is 16.6. The zero-order valence-corrected chi connectivity index (χ0v) is 14.6. The van der Waals surface area contributed by atoms with Crippen LogP contribution in [0.3, 0.4) is 0 Å². The lowest BCUT2D eigenvalue weighted by Gasteiger charge is -2.39. The molecule has 0 amide bonds. The fraction of sp³-hybridized carbons (Fsp3) is 0.500. The molecule has 0 saturated carbocycles. The summed E-state index contributed by atoms with van der Waals surface area (Å²) in [6, 6.07) is 4.44. The lowest BCUT2D eigenvalue weighted by atomic mass is 10.1. The minimum Gasteiger partial charge on any atom is -0.481 e. The molecule has 0 aliphatic carbocycles. The number of piperazine rings is 1. The Morgan fingerprint density at radius 1 is 1.08 bits per heavy atom. The van der Waals surface area contributed by atoms with E-state index in [1.165, 1.54) is 11.1 Å². The van der Waals surface area contributed by atoms with Crippen molar-refractivity contribution in [1.29, 1.82) is 0 Å². The van der Waals surface area contributed by atoms with Gasteiger partial charge in [-0.15, -0.1) is 0 Å². The van der Waals surface area contributed by atoms with Crippen LogP contribution in [0.1, 0.15) is 25.0 Å². The molecule has 3 heterocycles. The molecule has 1 saturated heterocycles. The average Bonchev–Trinajstić information content (AvgIpc) is 2.64. The molecule has 128 valence electrons. The van der Waals surface area contributed by atoms with E-state index in [0.29, 0.717) is 11.9 Å². The van der Waals surface area contributed by atoms with Gasteiger partial charge in [-0.25, -0.2) is 15.0 Å². The number of nitrogens with zero attached hydrogens (tertiary/aromatic N) is 5. The molecule has 0 N–H and O–H groups in total. The molecular formula is C18H25N5O. The monoisotopic (exact) mass is 327 g/mol. The van der Waals surface area contributed by atoms with E-state index < -0.39 is 0 Å². The fourth-order valence-electron chi connectivity index (χ4n) is 2.97. The third-order valence-corrected chi connectivity index (χ3v) is 4.54. The van der Waals surface area contributed by atoms with Gasteiger partial charge in [-0.05, 0) is 24.5 Å². The zero-order valence-electron chi connectivity index (χ0n) is 14.6. The fourth-order valence-corrected chi connectivity index (χ4v) is 2.97. The van der Waals surface area contributed by atoms with Crippen LogP contribution >= 0.6 is 0 Å². The van der Waals surface area contributed by atoms with Gasteiger partial charge in [-0.1, -0.05) is 13.0 Å². The van der Waals surface area contributed by atoms with Crippen molar-refractivity contribution in [3.05, 3.63) is 41.9 Å². The maximum atomic E-state index is 5.11. The molecule has 2 aromatic rings. The number of anilines is 1. The maximum Gasteiger partial charge on any atom is 0.225 e. The third kappa shape index (κ3) is 3.82. The predicted octanol–water partition coefficient (Wildman–Crippen LogP) is 2.15. The van der Waals surface area contributed by atoms with E-state index in [1.54, 1.807) is 7.11 Å². The van der Waals surface area contributed by atoms with E-state index in [2.05, 4.69) is 44.7 Å². The topological polar surface area (TPSA) is 54.4 Å². The van der Waals surface area contributed by atoms with Crippen molar-refractivity contribution in [2.24, 2.45) is 0 Å². The molecule has 0 spiro atoms. The van der Waals surface area contributed by atoms with Gasteiger partial charge in [-0.3, -0.25) is 4.90 Å². The smallest absolute Gasteiger partial charge is 0.225 e. The molecular weight excluding hydrogens is 302 g/mol. The highest BCUT2D eigenvalue weighted by Gasteiger charge is 2.25. The number of pyridine rings is 1. The van der Waals surface area contributed by atoms with Crippen molar-refractivity contribution >= 4 is 5.95 Å². The summed E-state index contributed by atoms with van der Waals surface area (Å²) in [5, 5.41) is 0. The van der Waals surface area contributed by atoms with Crippen molar-refractivity contribution in [2.75, 3.05) is 31.6 Å². The Labute approximate surface area is 143 Å². The molecule has 1 unspecified atom stereocenters. The molecule has 1 aliphatic rings. The third-order valence-electron chi connectivity index (χ3n) is 4.54. The Morgan fingerprint density at radius 3 is 2.42 bits per heavy atom. The molecule has 3 rings (SSSR count). The molecule has 6 heteroatoms. The van der Waals surface area contributed by atoms with Gasteiger partial charge >= 0.3 is 0 Å². The molecule has 1 fully saturated rings. The van der Waals surface area contributed by atoms with E-state index in [4.69, 9.17) is 4.74 Å². The second-order valence-electron chi connectivity index (χ2n) is 6.22. The molecule has 6 nitrogen and oxygen atoms in total. The van der Waals surface area contributed by atoms with Gasteiger partial charge in [0.15, 0.2) is 0 Å². The highest BCUT2D eigenvalue weighted by molar-refractivity contribution is 5.31. The molecule has 2 aromatic heterocycles. The van der Waals surface area contributed by atoms with Crippen molar-refractivity contribution in [3.8, 4) is 5.88 Å². The Balaban J connectivity index is 1.59. The first-order valence-corrected chi connectivity index (χ1v) is 8.48. The van der Waals surface area contributed by atoms with Crippen LogP contribution in [0.2, 0.25) is 0 Å². The predicted molar refractivity (Wildman–Crippen MR) is 94.3 cm³/mol. The first-order chi connectivity index (χ1) is 11.7. The number of hydrogen-bond acceptors (Lipinski definition) is 6. The summed E-state index contributed by atoms with van der Waals surface area (Å²) < 4.78 is 5.11. The standard InChI is InChI=1S/C18H25N5O/c1-4-15-9-20-18(21-10-15)23-8-7-22(14(2)12-23)13-16-5-6-17(24-3)19-11-16/h5-6,9-11,14H,4,7-8,12-13H2,1-3H3. The Hall–Kier alpha value is -2.21. The summed E-state index contributed by atoms with van der Waals surface area (Å²) in [5.74, 6) is 1.49. The summed E-state index contributed by atoms with van der Waals surface area (Å²) in [6.45, 7) is 8.15. The Bertz CT molecular complexity index is 643. The minimum absolute atomic E-state index is 0.440. The number of methoxy groups -OCH3 is 1. The van der Waals surface area contributed by atoms with Gasteiger partial charge < -0.3 is 9.64 Å². The number of rotatable bonds is 5. The molecule has 24 heavy (non-hydrogen) atoms. The van der Waals surface area contributed by atoms with E-state index in [0.717, 1.165) is 38.5 Å². The number of aryl methyl sites for hydroxylation is 1. The van der Waals surface area contributed by atoms with Crippen LogP contribution in [0.25, 0.3) is 0 Å². The summed E-state index contributed by atoms with van der Waals surface area (Å²) >= 11 is 0. The van der Waals surface area contributed by atoms with Gasteiger partial charge in [0, 0.05) is 56.9 Å². The van der Waals surface area contributed by atoms with Crippen molar-refractivity contribution in [1.82, 2.24) is 19.9 Å². The van der Waals surface area contributed by atoms with Crippen LogP contribution in [0.5, 0.6) is 5.88 Å². The minimum atomic E-state index is 0.440. The molecule has 0 aromatic carbocycles. The molecule has 1 atom stereocenters. The normalized spacial score (nSPS) is 18.6. The Morgan fingerprint density at radius 2 is 1.83 bits per heavy atom. The van der Waals surface area contributed by atoms with Crippen LogP contribution in [0.4, 0.5) is 5.95 Å². The van der Waals surface area contributed by atoms with Crippen LogP contribution in [-0.2, 0) is 13.0 Å². The van der Waals surface area contributed by atoms with Crippen LogP contribution in [0.15, 0.2) is 30.7 Å². The number of ether oxygens (including phenoxy) is 1. The van der Waals surface area contributed by atoms with Gasteiger partial charge in [0.2, 0.25) is 11.8 Å². The SMILES string of the molecule is CCc1cnc(N2CCN(Cc3ccc(OC)nc3)C(C)C2)nc1. The van der Waals surface area contributed by atoms with Crippen LogP contribution in [-0.4, -0.2) is 52.6 Å². The highest BCUT2D eigenvalue weighted by Crippen LogP contribution is 2.18. The first-order valence-electron chi connectivity index (χ1n) is 8.48. The van der Waals surface area contributed by atoms with E-state index in [1.807, 2.05) is 24.7 Å². The average molecular weight is 327 g/mol. The maximum absolute atomic E-state index is 5.11.